The van der Waals surface area contributed by atoms with Gasteiger partial charge < -0.3 is 25.4 Å². The van der Waals surface area contributed by atoms with E-state index in [1.165, 1.54) is 12.8 Å². The summed E-state index contributed by atoms with van der Waals surface area (Å²) >= 11 is 0. The molecular weight excluding hydrogens is 416 g/mol. The van der Waals surface area contributed by atoms with Crippen LogP contribution in [0.5, 0.6) is 0 Å². The van der Waals surface area contributed by atoms with Crippen LogP contribution in [0.2, 0.25) is 0 Å². The second-order valence-electron chi connectivity index (χ2n) is 9.85. The Labute approximate surface area is 193 Å². The Balaban J connectivity index is 1.28. The summed E-state index contributed by atoms with van der Waals surface area (Å²) in [6.45, 7) is 7.01. The molecule has 0 bridgehead atoms. The fourth-order valence-corrected chi connectivity index (χ4v) is 5.84. The highest BCUT2D eigenvalue weighted by Crippen LogP contribution is 2.41. The molecule has 2 atom stereocenters. The van der Waals surface area contributed by atoms with Gasteiger partial charge in [0.1, 0.15) is 17.2 Å². The number of carbonyl (C=O) groups is 1. The Morgan fingerprint density at radius 1 is 1.09 bits per heavy atom. The molecule has 3 aliphatic rings. The van der Waals surface area contributed by atoms with Gasteiger partial charge in [-0.1, -0.05) is 12.8 Å². The predicted octanol–water partition coefficient (Wildman–Crippen LogP) is 2.77. The van der Waals surface area contributed by atoms with Crippen molar-refractivity contribution in [2.45, 2.75) is 57.2 Å². The van der Waals surface area contributed by atoms with Gasteiger partial charge in [-0.3, -0.25) is 4.79 Å². The molecule has 172 valence electrons. The molecule has 1 aliphatic carbocycles. The van der Waals surface area contributed by atoms with E-state index < -0.39 is 0 Å². The van der Waals surface area contributed by atoms with Crippen LogP contribution in [-0.2, 0) is 5.54 Å². The number of nitrogens with one attached hydrogen (secondary N) is 3. The summed E-state index contributed by atoms with van der Waals surface area (Å²) in [5, 5.41) is 10.8. The summed E-state index contributed by atoms with van der Waals surface area (Å²) in [4.78, 5) is 28.9. The van der Waals surface area contributed by atoms with Crippen LogP contribution in [0.25, 0.3) is 11.0 Å². The topological polar surface area (TPSA) is 100 Å². The molecular formula is C24H30N8O. The standard InChI is InChI=1S/C24H30N8O/c1-15-12-31(13-16(2)28-15)18-5-6-20(25-11-18)29-23-26-10-17-9-19-22(33)27-14-24(7-3-4-8-24)32(19)21(17)30-23/h5-6,9-11,15-16,28H,3-4,7-8,12-14H2,1-2H3,(H,27,33)(H,25,26,29,30). The van der Waals surface area contributed by atoms with Crippen LogP contribution in [0.1, 0.15) is 50.0 Å². The maximum absolute atomic E-state index is 12.6. The average molecular weight is 447 g/mol. The molecule has 33 heavy (non-hydrogen) atoms. The van der Waals surface area contributed by atoms with E-state index in [2.05, 4.69) is 55.3 Å². The van der Waals surface area contributed by atoms with E-state index in [1.54, 1.807) is 6.20 Å². The first-order valence-electron chi connectivity index (χ1n) is 11.9. The third-order valence-electron chi connectivity index (χ3n) is 7.27. The van der Waals surface area contributed by atoms with Gasteiger partial charge >= 0.3 is 0 Å². The van der Waals surface area contributed by atoms with Gasteiger partial charge in [0, 0.05) is 43.3 Å². The fraction of sp³-hybridized carbons (Fsp3) is 0.500. The number of nitrogens with zero attached hydrogens (tertiary/aromatic N) is 5. The highest BCUT2D eigenvalue weighted by atomic mass is 16.2. The number of amides is 1. The first kappa shape index (κ1) is 20.4. The van der Waals surface area contributed by atoms with Crippen LogP contribution in [0.15, 0.2) is 30.6 Å². The maximum atomic E-state index is 12.6. The lowest BCUT2D eigenvalue weighted by Crippen LogP contribution is -2.54. The molecule has 1 amide bonds. The minimum Gasteiger partial charge on any atom is -0.367 e. The van der Waals surface area contributed by atoms with E-state index >= 15 is 0 Å². The van der Waals surface area contributed by atoms with E-state index in [1.807, 2.05) is 18.3 Å². The van der Waals surface area contributed by atoms with Crippen molar-refractivity contribution in [2.75, 3.05) is 29.9 Å². The van der Waals surface area contributed by atoms with Gasteiger partial charge in [0.15, 0.2) is 0 Å². The summed E-state index contributed by atoms with van der Waals surface area (Å²) < 4.78 is 2.17. The van der Waals surface area contributed by atoms with Gasteiger partial charge in [0.05, 0.1) is 17.4 Å². The summed E-state index contributed by atoms with van der Waals surface area (Å²) in [7, 11) is 0. The van der Waals surface area contributed by atoms with Crippen molar-refractivity contribution < 1.29 is 4.79 Å². The molecule has 2 unspecified atom stereocenters. The first-order valence-corrected chi connectivity index (χ1v) is 11.9. The van der Waals surface area contributed by atoms with Crippen LogP contribution >= 0.6 is 0 Å². The summed E-state index contributed by atoms with van der Waals surface area (Å²) in [6.07, 6.45) is 8.16. The number of fused-ring (bicyclic) bond motifs is 4. The number of carbonyl (C=O) groups excluding carboxylic acids is 1. The number of hydrogen-bond acceptors (Lipinski definition) is 7. The molecule has 9 nitrogen and oxygen atoms in total. The number of aromatic nitrogens is 4. The van der Waals surface area contributed by atoms with Crippen molar-refractivity contribution in [3.05, 3.63) is 36.3 Å². The van der Waals surface area contributed by atoms with Crippen LogP contribution < -0.4 is 20.9 Å². The normalized spacial score (nSPS) is 24.2. The van der Waals surface area contributed by atoms with Gasteiger partial charge in [-0.15, -0.1) is 0 Å². The molecule has 1 saturated carbocycles. The molecule has 2 fully saturated rings. The van der Waals surface area contributed by atoms with E-state index in [9.17, 15) is 4.79 Å². The molecule has 1 spiro atoms. The summed E-state index contributed by atoms with van der Waals surface area (Å²) in [5.41, 5.74) is 2.55. The smallest absolute Gasteiger partial charge is 0.268 e. The Morgan fingerprint density at radius 2 is 1.88 bits per heavy atom. The second kappa shape index (κ2) is 7.69. The van der Waals surface area contributed by atoms with Crippen LogP contribution in [0.4, 0.5) is 17.5 Å². The minimum absolute atomic E-state index is 0.0335. The third kappa shape index (κ3) is 3.51. The zero-order valence-electron chi connectivity index (χ0n) is 19.1. The summed E-state index contributed by atoms with van der Waals surface area (Å²) in [5.74, 6) is 1.16. The maximum Gasteiger partial charge on any atom is 0.268 e. The highest BCUT2D eigenvalue weighted by Gasteiger charge is 2.42. The van der Waals surface area contributed by atoms with Crippen molar-refractivity contribution in [2.24, 2.45) is 0 Å². The molecule has 9 heteroatoms. The quantitative estimate of drug-likeness (QED) is 0.569. The Hall–Kier alpha value is -3.20. The van der Waals surface area contributed by atoms with Crippen molar-refractivity contribution in [1.29, 1.82) is 0 Å². The van der Waals surface area contributed by atoms with Crippen molar-refractivity contribution in [3.63, 3.8) is 0 Å². The third-order valence-corrected chi connectivity index (χ3v) is 7.27. The van der Waals surface area contributed by atoms with E-state index in [0.29, 0.717) is 36.1 Å². The SMILES string of the molecule is CC1CN(c2ccc(Nc3ncc4cc5n(c4n3)C3(CCCC3)CNC5=O)nc2)CC(C)N1. The second-order valence-corrected chi connectivity index (χ2v) is 9.85. The first-order chi connectivity index (χ1) is 16.0. The van der Waals surface area contributed by atoms with Gasteiger partial charge in [0.2, 0.25) is 5.95 Å². The average Bonchev–Trinajstić information content (AvgIpc) is 3.42. The van der Waals surface area contributed by atoms with Crippen molar-refractivity contribution in [3.8, 4) is 0 Å². The van der Waals surface area contributed by atoms with Crippen LogP contribution in [0.3, 0.4) is 0 Å². The number of piperazine rings is 1. The van der Waals surface area contributed by atoms with Crippen LogP contribution in [-0.4, -0.2) is 57.1 Å². The van der Waals surface area contributed by atoms with Gasteiger partial charge in [-0.05, 0) is 44.9 Å². The predicted molar refractivity (Wildman–Crippen MR) is 128 cm³/mol. The van der Waals surface area contributed by atoms with Gasteiger partial charge in [-0.25, -0.2) is 9.97 Å². The lowest BCUT2D eigenvalue weighted by Gasteiger charge is -2.37. The van der Waals surface area contributed by atoms with Gasteiger partial charge in [-0.2, -0.15) is 4.98 Å². The number of rotatable bonds is 3. The molecule has 2 aliphatic heterocycles. The van der Waals surface area contributed by atoms with E-state index in [0.717, 1.165) is 42.7 Å². The molecule has 0 radical (unpaired) electrons. The Kier molecular flexibility index (Phi) is 4.76. The molecule has 5 heterocycles. The largest absolute Gasteiger partial charge is 0.367 e. The fourth-order valence-electron chi connectivity index (χ4n) is 5.84. The Morgan fingerprint density at radius 3 is 2.61 bits per heavy atom. The molecule has 1 saturated heterocycles. The number of hydrogen-bond donors (Lipinski definition) is 3. The van der Waals surface area contributed by atoms with Gasteiger partial charge in [0.25, 0.3) is 5.91 Å². The zero-order valence-corrected chi connectivity index (χ0v) is 19.1. The summed E-state index contributed by atoms with van der Waals surface area (Å²) in [6, 6.07) is 6.88. The lowest BCUT2D eigenvalue weighted by atomic mass is 9.94. The molecule has 3 aromatic heterocycles. The zero-order chi connectivity index (χ0) is 22.6. The highest BCUT2D eigenvalue weighted by molar-refractivity contribution is 5.99. The minimum atomic E-state index is -0.0753. The van der Waals surface area contributed by atoms with E-state index in [-0.39, 0.29) is 11.4 Å². The molecule has 0 aromatic carbocycles. The number of pyridine rings is 1. The number of anilines is 3. The monoisotopic (exact) mass is 446 g/mol. The van der Waals surface area contributed by atoms with Crippen molar-refractivity contribution in [1.82, 2.24) is 30.2 Å². The molecule has 3 N–H and O–H groups in total. The van der Waals surface area contributed by atoms with Crippen molar-refractivity contribution >= 4 is 34.4 Å². The Bertz CT molecular complexity index is 1190. The lowest BCUT2D eigenvalue weighted by molar-refractivity contribution is 0.0876. The molecule has 6 rings (SSSR count). The molecule has 3 aromatic rings. The van der Waals surface area contributed by atoms with E-state index in [4.69, 9.17) is 4.98 Å². The van der Waals surface area contributed by atoms with Crippen LogP contribution in [0, 0.1) is 0 Å².